The molecule has 0 fully saturated rings. The summed E-state index contributed by atoms with van der Waals surface area (Å²) in [5.41, 5.74) is 2.03. The standard InChI is InChI=1S/C17H23N3O3/c1-4-13(22-3)11-18-15(21)9-10-16-19-17(20-23-16)14-8-6-5-7-12(14)2/h5-8,13H,4,9-11H2,1-3H3,(H,18,21). The van der Waals surface area contributed by atoms with Crippen LogP contribution in [0.3, 0.4) is 0 Å². The lowest BCUT2D eigenvalue weighted by molar-refractivity contribution is -0.121. The third-order valence-electron chi connectivity index (χ3n) is 3.74. The van der Waals surface area contributed by atoms with Gasteiger partial charge in [-0.2, -0.15) is 4.98 Å². The molecule has 1 aromatic carbocycles. The summed E-state index contributed by atoms with van der Waals surface area (Å²) in [6, 6.07) is 7.85. The zero-order valence-corrected chi connectivity index (χ0v) is 13.8. The summed E-state index contributed by atoms with van der Waals surface area (Å²) in [5.74, 6) is 0.984. The molecular formula is C17H23N3O3. The van der Waals surface area contributed by atoms with Crippen LogP contribution in [0, 0.1) is 6.92 Å². The molecule has 0 bridgehead atoms. The SMILES string of the molecule is CCC(CNC(=O)CCc1nc(-c2ccccc2C)no1)OC. The number of aryl methyl sites for hydroxylation is 2. The fourth-order valence-corrected chi connectivity index (χ4v) is 2.22. The Labute approximate surface area is 136 Å². The maximum Gasteiger partial charge on any atom is 0.227 e. The van der Waals surface area contributed by atoms with E-state index in [9.17, 15) is 4.79 Å². The van der Waals surface area contributed by atoms with Gasteiger partial charge in [0.15, 0.2) is 0 Å². The molecule has 0 spiro atoms. The molecule has 23 heavy (non-hydrogen) atoms. The molecule has 1 unspecified atom stereocenters. The molecule has 6 heteroatoms. The highest BCUT2D eigenvalue weighted by molar-refractivity contribution is 5.76. The molecule has 0 aliphatic rings. The number of hydrogen-bond donors (Lipinski definition) is 1. The maximum absolute atomic E-state index is 11.8. The van der Waals surface area contributed by atoms with Crippen molar-refractivity contribution in [1.82, 2.24) is 15.5 Å². The molecule has 2 rings (SSSR count). The van der Waals surface area contributed by atoms with Crippen molar-refractivity contribution in [3.8, 4) is 11.4 Å². The van der Waals surface area contributed by atoms with Gasteiger partial charge in [0.1, 0.15) is 0 Å². The number of amides is 1. The number of methoxy groups -OCH3 is 1. The normalized spacial score (nSPS) is 12.1. The Bertz CT molecular complexity index is 636. The van der Waals surface area contributed by atoms with Crippen LogP contribution in [-0.2, 0) is 16.0 Å². The van der Waals surface area contributed by atoms with Gasteiger partial charge in [-0.1, -0.05) is 36.3 Å². The van der Waals surface area contributed by atoms with Crippen LogP contribution in [-0.4, -0.2) is 35.8 Å². The van der Waals surface area contributed by atoms with E-state index in [1.54, 1.807) is 7.11 Å². The van der Waals surface area contributed by atoms with Crippen molar-refractivity contribution < 1.29 is 14.1 Å². The van der Waals surface area contributed by atoms with Gasteiger partial charge >= 0.3 is 0 Å². The number of carbonyl (C=O) groups excluding carboxylic acids is 1. The molecule has 0 saturated carbocycles. The summed E-state index contributed by atoms with van der Waals surface area (Å²) in [6.45, 7) is 4.54. The van der Waals surface area contributed by atoms with E-state index >= 15 is 0 Å². The van der Waals surface area contributed by atoms with Crippen molar-refractivity contribution in [1.29, 1.82) is 0 Å². The Morgan fingerprint density at radius 3 is 2.87 bits per heavy atom. The molecule has 0 aliphatic carbocycles. The number of nitrogens with one attached hydrogen (secondary N) is 1. The molecule has 1 aromatic heterocycles. The molecule has 1 atom stereocenters. The van der Waals surface area contributed by atoms with Gasteiger partial charge in [-0.05, 0) is 18.9 Å². The average molecular weight is 317 g/mol. The first-order valence-corrected chi connectivity index (χ1v) is 7.82. The van der Waals surface area contributed by atoms with Gasteiger partial charge in [-0.15, -0.1) is 0 Å². The monoisotopic (exact) mass is 317 g/mol. The van der Waals surface area contributed by atoms with Gasteiger partial charge in [-0.25, -0.2) is 0 Å². The Balaban J connectivity index is 1.85. The van der Waals surface area contributed by atoms with Gasteiger partial charge in [0.25, 0.3) is 0 Å². The first kappa shape index (κ1) is 17.1. The summed E-state index contributed by atoms with van der Waals surface area (Å²) in [4.78, 5) is 16.2. The van der Waals surface area contributed by atoms with Crippen LogP contribution in [0.15, 0.2) is 28.8 Å². The van der Waals surface area contributed by atoms with Crippen LogP contribution in [0.5, 0.6) is 0 Å². The minimum atomic E-state index is -0.0452. The number of ether oxygens (including phenoxy) is 1. The Morgan fingerprint density at radius 2 is 2.17 bits per heavy atom. The molecule has 6 nitrogen and oxygen atoms in total. The van der Waals surface area contributed by atoms with Crippen molar-refractivity contribution in [2.24, 2.45) is 0 Å². The van der Waals surface area contributed by atoms with Gasteiger partial charge in [0.2, 0.25) is 17.6 Å². The molecule has 124 valence electrons. The summed E-state index contributed by atoms with van der Waals surface area (Å²) in [5, 5.41) is 6.84. The second-order valence-electron chi connectivity index (χ2n) is 5.40. The van der Waals surface area contributed by atoms with Gasteiger partial charge in [0, 0.05) is 32.1 Å². The van der Waals surface area contributed by atoms with Crippen molar-refractivity contribution in [3.05, 3.63) is 35.7 Å². The highest BCUT2D eigenvalue weighted by atomic mass is 16.5. The van der Waals surface area contributed by atoms with Gasteiger partial charge in [0.05, 0.1) is 6.10 Å². The van der Waals surface area contributed by atoms with Crippen molar-refractivity contribution in [2.75, 3.05) is 13.7 Å². The maximum atomic E-state index is 11.8. The summed E-state index contributed by atoms with van der Waals surface area (Å²) in [6.07, 6.45) is 1.65. The minimum absolute atomic E-state index is 0.0452. The summed E-state index contributed by atoms with van der Waals surface area (Å²) >= 11 is 0. The van der Waals surface area contributed by atoms with Gasteiger partial charge < -0.3 is 14.6 Å². The summed E-state index contributed by atoms with van der Waals surface area (Å²) in [7, 11) is 1.64. The number of aromatic nitrogens is 2. The lowest BCUT2D eigenvalue weighted by Crippen LogP contribution is -2.32. The highest BCUT2D eigenvalue weighted by Crippen LogP contribution is 2.20. The largest absolute Gasteiger partial charge is 0.380 e. The van der Waals surface area contributed by atoms with Crippen LogP contribution < -0.4 is 5.32 Å². The third kappa shape index (κ3) is 4.89. The molecule has 1 N–H and O–H groups in total. The highest BCUT2D eigenvalue weighted by Gasteiger charge is 2.12. The number of nitrogens with zero attached hydrogens (tertiary/aromatic N) is 2. The number of hydrogen-bond acceptors (Lipinski definition) is 5. The lowest BCUT2D eigenvalue weighted by Gasteiger charge is -2.13. The van der Waals surface area contributed by atoms with Crippen LogP contribution >= 0.6 is 0 Å². The van der Waals surface area contributed by atoms with Crippen LogP contribution in [0.2, 0.25) is 0 Å². The first-order valence-electron chi connectivity index (χ1n) is 7.82. The van der Waals surface area contributed by atoms with Crippen LogP contribution in [0.1, 0.15) is 31.2 Å². The fourth-order valence-electron chi connectivity index (χ4n) is 2.22. The second kappa shape index (κ2) is 8.43. The van der Waals surface area contributed by atoms with E-state index in [4.69, 9.17) is 9.26 Å². The Hall–Kier alpha value is -2.21. The van der Waals surface area contributed by atoms with E-state index in [-0.39, 0.29) is 12.0 Å². The molecule has 1 amide bonds. The average Bonchev–Trinajstić information content (AvgIpc) is 3.03. The predicted octanol–water partition coefficient (Wildman–Crippen LogP) is 2.52. The van der Waals surface area contributed by atoms with Crippen molar-refractivity contribution in [3.63, 3.8) is 0 Å². The van der Waals surface area contributed by atoms with Crippen molar-refractivity contribution >= 4 is 5.91 Å². The lowest BCUT2D eigenvalue weighted by atomic mass is 10.1. The van der Waals surface area contributed by atoms with Gasteiger partial charge in [-0.3, -0.25) is 4.79 Å². The molecule has 0 aliphatic heterocycles. The zero-order chi connectivity index (χ0) is 16.7. The zero-order valence-electron chi connectivity index (χ0n) is 13.8. The van der Waals surface area contributed by atoms with E-state index in [1.165, 1.54) is 0 Å². The topological polar surface area (TPSA) is 77.3 Å². The van der Waals surface area contributed by atoms with E-state index in [0.29, 0.717) is 31.1 Å². The molecular weight excluding hydrogens is 294 g/mol. The quantitative estimate of drug-likeness (QED) is 0.809. The van der Waals surface area contributed by atoms with E-state index in [0.717, 1.165) is 17.5 Å². The number of carbonyl (C=O) groups is 1. The number of benzene rings is 1. The number of rotatable bonds is 8. The van der Waals surface area contributed by atoms with E-state index in [1.807, 2.05) is 38.1 Å². The summed E-state index contributed by atoms with van der Waals surface area (Å²) < 4.78 is 10.4. The molecule has 1 heterocycles. The Morgan fingerprint density at radius 1 is 1.39 bits per heavy atom. The molecule has 0 saturated heterocycles. The van der Waals surface area contributed by atoms with E-state index < -0.39 is 0 Å². The fraction of sp³-hybridized carbons (Fsp3) is 0.471. The smallest absolute Gasteiger partial charge is 0.227 e. The molecule has 2 aromatic rings. The third-order valence-corrected chi connectivity index (χ3v) is 3.74. The first-order chi connectivity index (χ1) is 11.1. The van der Waals surface area contributed by atoms with Crippen molar-refractivity contribution in [2.45, 2.75) is 39.2 Å². The second-order valence-corrected chi connectivity index (χ2v) is 5.40. The minimum Gasteiger partial charge on any atom is -0.380 e. The molecule has 0 radical (unpaired) electrons. The van der Waals surface area contributed by atoms with Crippen LogP contribution in [0.4, 0.5) is 0 Å². The van der Waals surface area contributed by atoms with E-state index in [2.05, 4.69) is 15.5 Å². The Kier molecular flexibility index (Phi) is 6.29. The van der Waals surface area contributed by atoms with Crippen LogP contribution in [0.25, 0.3) is 11.4 Å². The predicted molar refractivity (Wildman–Crippen MR) is 86.9 cm³/mol.